The summed E-state index contributed by atoms with van der Waals surface area (Å²) >= 11 is 0. The van der Waals surface area contributed by atoms with Gasteiger partial charge in [0.1, 0.15) is 48.8 Å². The Morgan fingerprint density at radius 2 is 0.677 bits per heavy atom. The quantitative estimate of drug-likeness (QED) is 0.0691. The van der Waals surface area contributed by atoms with Crippen molar-refractivity contribution in [1.82, 2.24) is 0 Å². The number of hydrogen-bond acceptors (Lipinski definition) is 11. The van der Waals surface area contributed by atoms with Crippen LogP contribution in [0.3, 0.4) is 0 Å². The van der Waals surface area contributed by atoms with E-state index in [2.05, 4.69) is 0 Å². The zero-order chi connectivity index (χ0) is 44.5. The van der Waals surface area contributed by atoms with E-state index in [1.54, 1.807) is 0 Å². The third kappa shape index (κ3) is 13.5. The van der Waals surface area contributed by atoms with Gasteiger partial charge in [-0.1, -0.05) is 182 Å². The highest BCUT2D eigenvalue weighted by Gasteiger charge is 2.53. The predicted molar refractivity (Wildman–Crippen MR) is 243 cm³/mol. The molecule has 2 aliphatic rings. The Hall–Kier alpha value is -5.12. The van der Waals surface area contributed by atoms with Gasteiger partial charge in [0.05, 0.1) is 52.9 Å². The molecule has 6 aromatic carbocycles. The lowest BCUT2D eigenvalue weighted by Crippen LogP contribution is -2.66. The van der Waals surface area contributed by atoms with Crippen LogP contribution in [0.1, 0.15) is 33.4 Å². The lowest BCUT2D eigenvalue weighted by molar-refractivity contribution is -0.371. The van der Waals surface area contributed by atoms with Gasteiger partial charge in [-0.15, -0.1) is 0 Å². The van der Waals surface area contributed by atoms with Crippen LogP contribution in [-0.2, 0) is 82.3 Å². The van der Waals surface area contributed by atoms with Gasteiger partial charge in [-0.2, -0.15) is 0 Å². The molecule has 0 unspecified atom stereocenters. The van der Waals surface area contributed by atoms with E-state index in [4.69, 9.17) is 42.6 Å². The van der Waals surface area contributed by atoms with Crippen molar-refractivity contribution in [3.05, 3.63) is 215 Å². The van der Waals surface area contributed by atoms with Crippen LogP contribution in [-0.4, -0.2) is 84.8 Å². The number of hydrogen-bond donors (Lipinski definition) is 2. The molecule has 0 aliphatic carbocycles. The van der Waals surface area contributed by atoms with Gasteiger partial charge in [-0.3, -0.25) is 0 Å². The van der Waals surface area contributed by atoms with Crippen LogP contribution in [0.15, 0.2) is 182 Å². The molecule has 0 bridgehead atoms. The van der Waals surface area contributed by atoms with Crippen molar-refractivity contribution in [3.63, 3.8) is 0 Å². The lowest BCUT2D eigenvalue weighted by atomic mass is 9.96. The predicted octanol–water partition coefficient (Wildman–Crippen LogP) is 7.95. The fourth-order valence-corrected chi connectivity index (χ4v) is 8.02. The first-order chi connectivity index (χ1) is 32.1. The maximum atomic E-state index is 12.2. The number of aliphatic hydroxyl groups excluding tert-OH is 2. The third-order valence-corrected chi connectivity index (χ3v) is 11.4. The van der Waals surface area contributed by atoms with Crippen molar-refractivity contribution in [3.8, 4) is 0 Å². The smallest absolute Gasteiger partial charge is 0.187 e. The largest absolute Gasteiger partial charge is 0.387 e. The molecule has 6 aromatic rings. The summed E-state index contributed by atoms with van der Waals surface area (Å²) < 4.78 is 59.6. The lowest BCUT2D eigenvalue weighted by Gasteiger charge is -2.49. The Balaban J connectivity index is 1.14. The molecule has 340 valence electrons. The fraction of sp³-hybridized carbons (Fsp3) is 0.333. The summed E-state index contributed by atoms with van der Waals surface area (Å²) in [5.41, 5.74) is 5.59. The molecule has 0 aromatic heterocycles. The monoisotopic (exact) mass is 882 g/mol. The molecule has 10 atom stereocenters. The van der Waals surface area contributed by atoms with E-state index in [-0.39, 0.29) is 46.2 Å². The summed E-state index contributed by atoms with van der Waals surface area (Å²) in [5, 5.41) is 24.0. The van der Waals surface area contributed by atoms with Gasteiger partial charge in [0.2, 0.25) is 0 Å². The second-order valence-corrected chi connectivity index (χ2v) is 16.2. The van der Waals surface area contributed by atoms with E-state index >= 15 is 0 Å². The minimum Gasteiger partial charge on any atom is -0.387 e. The van der Waals surface area contributed by atoms with Crippen molar-refractivity contribution in [2.24, 2.45) is 0 Å². The average molecular weight is 883 g/mol. The van der Waals surface area contributed by atoms with E-state index in [1.807, 2.05) is 182 Å². The summed E-state index contributed by atoms with van der Waals surface area (Å²) in [7, 11) is 0. The number of aliphatic hydroxyl groups is 2. The van der Waals surface area contributed by atoms with Gasteiger partial charge >= 0.3 is 0 Å². The average Bonchev–Trinajstić information content (AvgIpc) is 3.35. The Morgan fingerprint density at radius 1 is 0.338 bits per heavy atom. The third-order valence-electron chi connectivity index (χ3n) is 11.4. The second-order valence-electron chi connectivity index (χ2n) is 16.2. The normalized spacial score (nSPS) is 25.6. The van der Waals surface area contributed by atoms with Crippen LogP contribution in [0.5, 0.6) is 0 Å². The van der Waals surface area contributed by atoms with Crippen LogP contribution in [0, 0.1) is 0 Å². The molecule has 0 radical (unpaired) electrons. The first-order valence-corrected chi connectivity index (χ1v) is 22.3. The van der Waals surface area contributed by atoms with E-state index in [0.717, 1.165) is 33.4 Å². The molecule has 2 fully saturated rings. The zero-order valence-corrected chi connectivity index (χ0v) is 36.3. The topological polar surface area (TPSA) is 124 Å². The first kappa shape index (κ1) is 46.4. The van der Waals surface area contributed by atoms with Crippen LogP contribution >= 0.6 is 0 Å². The molecule has 11 heteroatoms. The van der Waals surface area contributed by atoms with E-state index in [0.29, 0.717) is 6.61 Å². The highest BCUT2D eigenvalue weighted by atomic mass is 16.7. The molecule has 0 saturated carbocycles. The van der Waals surface area contributed by atoms with Crippen molar-refractivity contribution < 1.29 is 52.8 Å². The zero-order valence-electron chi connectivity index (χ0n) is 36.3. The standard InChI is InChI=1S/C54H58O11/c55-47-45(37-57-31-39-19-7-1-8-20-39)64-54(52(62-36-44-29-17-6-18-30-44)49(47)59-33-41-23-11-3-12-24-41)65-48-46(38-58-32-40-21-9-2-10-22-40)63-53(56)51(61-35-43-27-15-5-16-28-43)50(48)60-34-42-25-13-4-14-26-42/h1-30,45-56H,31-38H2/t45-,46-,47-,48-,49+,50+,51-,52-,53-,54-/m1/s1. The maximum Gasteiger partial charge on any atom is 0.187 e. The summed E-state index contributed by atoms with van der Waals surface area (Å²) in [4.78, 5) is 0. The van der Waals surface area contributed by atoms with Crippen LogP contribution in [0.2, 0.25) is 0 Å². The number of ether oxygens (including phenoxy) is 9. The highest BCUT2D eigenvalue weighted by Crippen LogP contribution is 2.35. The van der Waals surface area contributed by atoms with Gasteiger partial charge in [0.25, 0.3) is 0 Å². The van der Waals surface area contributed by atoms with Crippen LogP contribution in [0.4, 0.5) is 0 Å². The summed E-state index contributed by atoms with van der Waals surface area (Å²) in [6, 6.07) is 58.6. The molecule has 2 aliphatic heterocycles. The van der Waals surface area contributed by atoms with Gasteiger partial charge in [-0.05, 0) is 33.4 Å². The molecule has 65 heavy (non-hydrogen) atoms. The minimum absolute atomic E-state index is 0.0206. The summed E-state index contributed by atoms with van der Waals surface area (Å²) in [6.07, 6.45) is -10.4. The molecular formula is C54H58O11. The summed E-state index contributed by atoms with van der Waals surface area (Å²) in [6.45, 7) is 1.34. The molecular weight excluding hydrogens is 825 g/mol. The molecule has 8 rings (SSSR count). The Bertz CT molecular complexity index is 2210. The van der Waals surface area contributed by atoms with Crippen molar-refractivity contribution in [2.75, 3.05) is 13.2 Å². The fourth-order valence-electron chi connectivity index (χ4n) is 8.02. The summed E-state index contributed by atoms with van der Waals surface area (Å²) in [5.74, 6) is 0. The number of rotatable bonds is 22. The molecule has 2 saturated heterocycles. The molecule has 0 spiro atoms. The second kappa shape index (κ2) is 24.4. The maximum absolute atomic E-state index is 12.2. The Morgan fingerprint density at radius 3 is 1.09 bits per heavy atom. The van der Waals surface area contributed by atoms with Crippen LogP contribution in [0.25, 0.3) is 0 Å². The molecule has 0 amide bonds. The number of benzene rings is 6. The van der Waals surface area contributed by atoms with E-state index < -0.39 is 61.4 Å². The Labute approximate surface area is 381 Å². The van der Waals surface area contributed by atoms with E-state index in [9.17, 15) is 10.2 Å². The SMILES string of the molecule is O[C@H]1[C@H](OCc2ccccc2)[C@@H](OCc2ccccc2)[C@@H](O[C@H]2[C@H](OCc3ccccc3)[C@@H](OCc3ccccc3)[C@H](O)O[C@@H]2COCc2ccccc2)O[C@@H]1COCc1ccccc1. The van der Waals surface area contributed by atoms with Crippen molar-refractivity contribution >= 4 is 0 Å². The molecule has 11 nitrogen and oxygen atoms in total. The van der Waals surface area contributed by atoms with E-state index in [1.165, 1.54) is 0 Å². The van der Waals surface area contributed by atoms with Gasteiger partial charge < -0.3 is 52.8 Å². The van der Waals surface area contributed by atoms with Crippen molar-refractivity contribution in [2.45, 2.75) is 101 Å². The first-order valence-electron chi connectivity index (χ1n) is 22.3. The van der Waals surface area contributed by atoms with Gasteiger partial charge in [-0.25, -0.2) is 0 Å². The van der Waals surface area contributed by atoms with Crippen molar-refractivity contribution in [1.29, 1.82) is 0 Å². The Kier molecular flexibility index (Phi) is 17.4. The van der Waals surface area contributed by atoms with Gasteiger partial charge in [0, 0.05) is 0 Å². The minimum atomic E-state index is -1.41. The molecule has 2 heterocycles. The highest BCUT2D eigenvalue weighted by molar-refractivity contribution is 5.18. The van der Waals surface area contributed by atoms with Gasteiger partial charge in [0.15, 0.2) is 12.6 Å². The van der Waals surface area contributed by atoms with Crippen LogP contribution < -0.4 is 0 Å². The molecule has 2 N–H and O–H groups in total.